The summed E-state index contributed by atoms with van der Waals surface area (Å²) in [7, 11) is -3.78. The number of nitrogens with one attached hydrogen (secondary N) is 1. The van der Waals surface area contributed by atoms with Crippen LogP contribution in [0.2, 0.25) is 0 Å². The zero-order valence-corrected chi connectivity index (χ0v) is 15.3. The molecule has 134 valence electrons. The molecule has 6 nitrogen and oxygen atoms in total. The van der Waals surface area contributed by atoms with Crippen LogP contribution in [0.25, 0.3) is 0 Å². The molecule has 9 heteroatoms. The highest BCUT2D eigenvalue weighted by molar-refractivity contribution is 7.92. The van der Waals surface area contributed by atoms with Crippen molar-refractivity contribution in [2.45, 2.75) is 16.9 Å². The van der Waals surface area contributed by atoms with Gasteiger partial charge in [-0.3, -0.25) is 15.1 Å². The van der Waals surface area contributed by atoms with Gasteiger partial charge in [-0.15, -0.1) is 0 Å². The molecule has 0 bridgehead atoms. The van der Waals surface area contributed by atoms with Gasteiger partial charge < -0.3 is 0 Å². The van der Waals surface area contributed by atoms with Gasteiger partial charge in [0.25, 0.3) is 5.91 Å². The van der Waals surface area contributed by atoms with E-state index in [0.717, 1.165) is 17.5 Å². The zero-order valence-electron chi connectivity index (χ0n) is 13.6. The average Bonchev–Trinajstić information content (AvgIpc) is 3.08. The molecule has 3 rings (SSSR count). The number of sulfone groups is 1. The number of benzene rings is 1. The SMILES string of the molecule is Cc1ccc(CS(=O)(=O)c2cnc(NC(=O)c3ccccn3)s2)c(F)c1. The number of aromatic nitrogens is 2. The van der Waals surface area contributed by atoms with Crippen molar-refractivity contribution in [2.75, 3.05) is 5.32 Å². The summed E-state index contributed by atoms with van der Waals surface area (Å²) in [5, 5.41) is 2.63. The van der Waals surface area contributed by atoms with Crippen molar-refractivity contribution in [3.05, 3.63) is 71.4 Å². The Morgan fingerprint density at radius 1 is 1.23 bits per heavy atom. The molecule has 0 saturated carbocycles. The van der Waals surface area contributed by atoms with Gasteiger partial charge in [-0.05, 0) is 30.7 Å². The van der Waals surface area contributed by atoms with Crippen molar-refractivity contribution < 1.29 is 17.6 Å². The maximum Gasteiger partial charge on any atom is 0.276 e. The van der Waals surface area contributed by atoms with E-state index in [-0.39, 0.29) is 20.6 Å². The maximum absolute atomic E-state index is 13.9. The lowest BCUT2D eigenvalue weighted by Crippen LogP contribution is -2.12. The van der Waals surface area contributed by atoms with Crippen LogP contribution in [0.5, 0.6) is 0 Å². The van der Waals surface area contributed by atoms with E-state index in [1.165, 1.54) is 24.4 Å². The Balaban J connectivity index is 1.77. The summed E-state index contributed by atoms with van der Waals surface area (Å²) in [4.78, 5) is 19.9. The van der Waals surface area contributed by atoms with Gasteiger partial charge in [0.2, 0.25) is 0 Å². The predicted octanol–water partition coefficient (Wildman–Crippen LogP) is 3.21. The smallest absolute Gasteiger partial charge is 0.276 e. The Labute approximate surface area is 153 Å². The van der Waals surface area contributed by atoms with E-state index >= 15 is 0 Å². The molecule has 1 amide bonds. The lowest BCUT2D eigenvalue weighted by molar-refractivity contribution is 0.102. The first-order valence-corrected chi connectivity index (χ1v) is 9.98. The number of nitrogens with zero attached hydrogens (tertiary/aromatic N) is 2. The fourth-order valence-corrected chi connectivity index (χ4v) is 4.63. The Kier molecular flexibility index (Phi) is 5.10. The zero-order chi connectivity index (χ0) is 18.7. The molecule has 26 heavy (non-hydrogen) atoms. The second-order valence-electron chi connectivity index (χ2n) is 5.51. The van der Waals surface area contributed by atoms with Crippen LogP contribution in [0, 0.1) is 12.7 Å². The number of amides is 1. The number of carbonyl (C=O) groups excluding carboxylic acids is 1. The number of thiazole rings is 1. The van der Waals surface area contributed by atoms with Gasteiger partial charge in [0.15, 0.2) is 15.0 Å². The first kappa shape index (κ1) is 18.2. The molecule has 2 heterocycles. The fraction of sp³-hybridized carbons (Fsp3) is 0.118. The number of hydrogen-bond acceptors (Lipinski definition) is 6. The first-order chi connectivity index (χ1) is 12.3. The van der Waals surface area contributed by atoms with Crippen LogP contribution in [0.15, 0.2) is 53.0 Å². The molecule has 0 fully saturated rings. The monoisotopic (exact) mass is 391 g/mol. The molecule has 1 N–H and O–H groups in total. The largest absolute Gasteiger partial charge is 0.296 e. The molecule has 0 aliphatic rings. The lowest BCUT2D eigenvalue weighted by atomic mass is 10.2. The molecule has 1 aromatic carbocycles. The minimum atomic E-state index is -3.78. The van der Waals surface area contributed by atoms with Gasteiger partial charge in [0.05, 0.1) is 11.9 Å². The summed E-state index contributed by atoms with van der Waals surface area (Å²) >= 11 is 0.810. The van der Waals surface area contributed by atoms with E-state index in [0.29, 0.717) is 5.56 Å². The van der Waals surface area contributed by atoms with E-state index in [4.69, 9.17) is 0 Å². The fourth-order valence-electron chi connectivity index (χ4n) is 2.16. The van der Waals surface area contributed by atoms with Crippen LogP contribution >= 0.6 is 11.3 Å². The highest BCUT2D eigenvalue weighted by Gasteiger charge is 2.21. The van der Waals surface area contributed by atoms with Crippen LogP contribution in [-0.2, 0) is 15.6 Å². The highest BCUT2D eigenvalue weighted by atomic mass is 32.2. The number of anilines is 1. The summed E-state index contributed by atoms with van der Waals surface area (Å²) in [6.45, 7) is 1.72. The summed E-state index contributed by atoms with van der Waals surface area (Å²) in [5.41, 5.74) is 0.984. The quantitative estimate of drug-likeness (QED) is 0.721. The standard InChI is InChI=1S/C17H14FN3O3S2/c1-11-5-6-12(13(18)8-11)10-26(23,24)15-9-20-17(25-15)21-16(22)14-4-2-3-7-19-14/h2-9H,10H2,1H3,(H,20,21,22). The summed E-state index contributed by atoms with van der Waals surface area (Å²) in [6, 6.07) is 9.26. The molecular formula is C17H14FN3O3S2. The van der Waals surface area contributed by atoms with Crippen LogP contribution in [-0.4, -0.2) is 24.3 Å². The molecule has 3 aromatic rings. The molecule has 0 saturated heterocycles. The molecule has 0 aliphatic heterocycles. The first-order valence-electron chi connectivity index (χ1n) is 7.51. The maximum atomic E-state index is 13.9. The van der Waals surface area contributed by atoms with Crippen LogP contribution in [0.1, 0.15) is 21.6 Å². The van der Waals surface area contributed by atoms with Crippen molar-refractivity contribution in [1.82, 2.24) is 9.97 Å². The number of pyridine rings is 1. The van der Waals surface area contributed by atoms with E-state index in [2.05, 4.69) is 15.3 Å². The van der Waals surface area contributed by atoms with Crippen molar-refractivity contribution in [3.63, 3.8) is 0 Å². The third-order valence-electron chi connectivity index (χ3n) is 3.46. The van der Waals surface area contributed by atoms with Gasteiger partial charge in [-0.2, -0.15) is 0 Å². The van der Waals surface area contributed by atoms with Crippen molar-refractivity contribution in [3.8, 4) is 0 Å². The van der Waals surface area contributed by atoms with Crippen molar-refractivity contribution >= 4 is 32.2 Å². The minimum Gasteiger partial charge on any atom is -0.296 e. The molecule has 0 unspecified atom stereocenters. The molecule has 0 aliphatic carbocycles. The van der Waals surface area contributed by atoms with Crippen LogP contribution in [0.4, 0.5) is 9.52 Å². The number of aryl methyl sites for hydroxylation is 1. The number of halogens is 1. The van der Waals surface area contributed by atoms with Crippen molar-refractivity contribution in [1.29, 1.82) is 0 Å². The summed E-state index contributed by atoms with van der Waals surface area (Å²) in [6.07, 6.45) is 2.63. The van der Waals surface area contributed by atoms with Gasteiger partial charge in [-0.1, -0.05) is 29.5 Å². The topological polar surface area (TPSA) is 89.0 Å². The third kappa shape index (κ3) is 4.12. The van der Waals surface area contributed by atoms with E-state index in [1.54, 1.807) is 25.1 Å². The average molecular weight is 391 g/mol. The van der Waals surface area contributed by atoms with Gasteiger partial charge in [0, 0.05) is 11.8 Å². The number of carbonyl (C=O) groups is 1. The van der Waals surface area contributed by atoms with Gasteiger partial charge in [0.1, 0.15) is 15.7 Å². The van der Waals surface area contributed by atoms with E-state index in [1.807, 2.05) is 0 Å². The lowest BCUT2D eigenvalue weighted by Gasteiger charge is -2.04. The Morgan fingerprint density at radius 2 is 2.04 bits per heavy atom. The van der Waals surface area contributed by atoms with E-state index in [9.17, 15) is 17.6 Å². The van der Waals surface area contributed by atoms with Gasteiger partial charge >= 0.3 is 0 Å². The third-order valence-corrected chi connectivity index (χ3v) is 6.59. The molecule has 2 aromatic heterocycles. The Hall–Kier alpha value is -2.65. The second-order valence-corrected chi connectivity index (χ2v) is 8.75. The predicted molar refractivity (Wildman–Crippen MR) is 96.3 cm³/mol. The molecular weight excluding hydrogens is 377 g/mol. The second kappa shape index (κ2) is 7.30. The minimum absolute atomic E-state index is 0.0474. The Bertz CT molecular complexity index is 1050. The number of hydrogen-bond donors (Lipinski definition) is 1. The summed E-state index contributed by atoms with van der Waals surface area (Å²) in [5.74, 6) is -1.54. The molecule has 0 spiro atoms. The normalized spacial score (nSPS) is 11.3. The molecule has 0 atom stereocenters. The molecule has 0 radical (unpaired) electrons. The Morgan fingerprint density at radius 3 is 2.73 bits per heavy atom. The van der Waals surface area contributed by atoms with Crippen molar-refractivity contribution in [2.24, 2.45) is 0 Å². The van der Waals surface area contributed by atoms with Crippen LogP contribution < -0.4 is 5.32 Å². The van der Waals surface area contributed by atoms with E-state index < -0.39 is 27.3 Å². The van der Waals surface area contributed by atoms with Gasteiger partial charge in [-0.25, -0.2) is 17.8 Å². The number of rotatable bonds is 5. The summed E-state index contributed by atoms with van der Waals surface area (Å²) < 4.78 is 38.8. The van der Waals surface area contributed by atoms with Crippen LogP contribution in [0.3, 0.4) is 0 Å². The highest BCUT2D eigenvalue weighted by Crippen LogP contribution is 2.27.